The van der Waals surface area contributed by atoms with E-state index in [0.717, 1.165) is 105 Å². The number of carbonyl (C=O) groups is 5. The van der Waals surface area contributed by atoms with Gasteiger partial charge in [0.2, 0.25) is 11.8 Å². The molecule has 9 rings (SSSR count). The molecule has 7 heterocycles. The van der Waals surface area contributed by atoms with Gasteiger partial charge in [-0.2, -0.15) is 0 Å². The Kier molecular flexibility index (Phi) is 9.43. The van der Waals surface area contributed by atoms with Crippen LogP contribution in [-0.2, 0) is 9.59 Å². The van der Waals surface area contributed by atoms with Gasteiger partial charge in [0.15, 0.2) is 11.5 Å². The summed E-state index contributed by atoms with van der Waals surface area (Å²) in [5.74, 6) is -0.800. The van der Waals surface area contributed by atoms with Gasteiger partial charge in [0.25, 0.3) is 17.7 Å². The molecule has 0 bridgehead atoms. The molecule has 5 aliphatic rings. The van der Waals surface area contributed by atoms with E-state index in [1.165, 1.54) is 0 Å². The molecule has 3 N–H and O–H groups in total. The second kappa shape index (κ2) is 14.7. The van der Waals surface area contributed by atoms with Crippen LogP contribution in [0.1, 0.15) is 94.3 Å². The molecule has 0 radical (unpaired) electrons. The van der Waals surface area contributed by atoms with Gasteiger partial charge in [0.1, 0.15) is 23.6 Å². The Hall–Kier alpha value is -5.77. The van der Waals surface area contributed by atoms with Crippen LogP contribution in [0.25, 0.3) is 11.2 Å². The monoisotopic (exact) mass is 759 g/mol. The zero-order valence-corrected chi connectivity index (χ0v) is 31.3. The highest BCUT2D eigenvalue weighted by atomic mass is 16.2. The fourth-order valence-electron chi connectivity index (χ4n) is 9.02. The Morgan fingerprint density at radius 1 is 0.875 bits per heavy atom. The molecule has 56 heavy (non-hydrogen) atoms. The maximum atomic E-state index is 13.6. The van der Waals surface area contributed by atoms with Gasteiger partial charge < -0.3 is 25.0 Å². The first-order valence-electron chi connectivity index (χ1n) is 19.7. The van der Waals surface area contributed by atoms with E-state index in [1.54, 1.807) is 24.5 Å². The summed E-state index contributed by atoms with van der Waals surface area (Å²) in [6, 6.07) is 10.4. The smallest absolute Gasteiger partial charge is 0.270 e. The lowest BCUT2D eigenvalue weighted by Gasteiger charge is -2.39. The average Bonchev–Trinajstić information content (AvgIpc) is 3.72. The molecule has 5 amide bonds. The minimum atomic E-state index is -0.976. The Morgan fingerprint density at radius 2 is 1.66 bits per heavy atom. The number of imidazole rings is 1. The molecule has 0 spiro atoms. The summed E-state index contributed by atoms with van der Waals surface area (Å²) in [6.45, 7) is 6.40. The molecule has 1 unspecified atom stereocenters. The largest absolute Gasteiger partial charge is 0.371 e. The van der Waals surface area contributed by atoms with Crippen LogP contribution in [0.2, 0.25) is 0 Å². The summed E-state index contributed by atoms with van der Waals surface area (Å²) in [5, 5.41) is 9.02. The van der Waals surface area contributed by atoms with E-state index in [4.69, 9.17) is 4.98 Å². The molecule has 1 aromatic carbocycles. The number of carbonyl (C=O) groups excluding carboxylic acids is 5. The fraction of sp³-hybridized carbons (Fsp3) is 0.475. The van der Waals surface area contributed by atoms with Gasteiger partial charge in [0, 0.05) is 63.0 Å². The number of rotatable bonds is 9. The number of pyridine rings is 1. The molecule has 4 aromatic rings. The number of likely N-dealkylation sites (tertiary alicyclic amines) is 1. The molecule has 4 fully saturated rings. The quantitative estimate of drug-likeness (QED) is 0.212. The van der Waals surface area contributed by atoms with E-state index in [1.807, 2.05) is 31.5 Å². The van der Waals surface area contributed by atoms with E-state index in [9.17, 15) is 24.0 Å². The molecule has 16 nitrogen and oxygen atoms in total. The van der Waals surface area contributed by atoms with Crippen molar-refractivity contribution >= 4 is 52.2 Å². The van der Waals surface area contributed by atoms with Gasteiger partial charge in [0.05, 0.1) is 23.1 Å². The predicted octanol–water partition coefficient (Wildman–Crippen LogP) is 2.86. The fourth-order valence-corrected chi connectivity index (χ4v) is 9.02. The third-order valence-corrected chi connectivity index (χ3v) is 12.2. The number of benzene rings is 1. The van der Waals surface area contributed by atoms with E-state index in [0.29, 0.717) is 22.7 Å². The maximum absolute atomic E-state index is 13.6. The van der Waals surface area contributed by atoms with Gasteiger partial charge in [-0.25, -0.2) is 19.9 Å². The summed E-state index contributed by atoms with van der Waals surface area (Å²) in [6.07, 6.45) is 9.18. The van der Waals surface area contributed by atoms with Crippen molar-refractivity contribution < 1.29 is 24.0 Å². The minimum absolute atomic E-state index is 0.0755. The zero-order valence-electron chi connectivity index (χ0n) is 31.3. The normalized spacial score (nSPS) is 23.6. The van der Waals surface area contributed by atoms with Gasteiger partial charge in [-0.1, -0.05) is 12.1 Å². The highest BCUT2D eigenvalue weighted by molar-refractivity contribution is 6.25. The first-order valence-corrected chi connectivity index (χ1v) is 19.7. The van der Waals surface area contributed by atoms with Gasteiger partial charge >= 0.3 is 0 Å². The predicted molar refractivity (Wildman–Crippen MR) is 205 cm³/mol. The first-order chi connectivity index (χ1) is 27.2. The summed E-state index contributed by atoms with van der Waals surface area (Å²) in [5.41, 5.74) is 4.22. The molecule has 1 saturated carbocycles. The number of aromatic nitrogens is 5. The van der Waals surface area contributed by atoms with Crippen molar-refractivity contribution in [1.29, 1.82) is 0 Å². The maximum Gasteiger partial charge on any atom is 0.270 e. The molecular formula is C40H45N11O5. The molecule has 3 aromatic heterocycles. The third-order valence-electron chi connectivity index (χ3n) is 12.2. The van der Waals surface area contributed by atoms with E-state index in [2.05, 4.69) is 45.3 Å². The summed E-state index contributed by atoms with van der Waals surface area (Å²) in [4.78, 5) is 87.8. The number of aryl methyl sites for hydroxylation is 1. The van der Waals surface area contributed by atoms with Crippen molar-refractivity contribution in [2.45, 2.75) is 82.5 Å². The Balaban J connectivity index is 0.750. The molecule has 3 saturated heterocycles. The molecule has 290 valence electrons. The van der Waals surface area contributed by atoms with Crippen molar-refractivity contribution in [3.05, 3.63) is 71.6 Å². The Bertz CT molecular complexity index is 2220. The van der Waals surface area contributed by atoms with Gasteiger partial charge in [-0.15, -0.1) is 0 Å². The lowest BCUT2D eigenvalue weighted by Crippen LogP contribution is -2.54. The number of piperidine rings is 3. The first kappa shape index (κ1) is 35.9. The number of hydrogen-bond acceptors (Lipinski definition) is 12. The van der Waals surface area contributed by atoms with Crippen LogP contribution in [0.4, 0.5) is 11.5 Å². The summed E-state index contributed by atoms with van der Waals surface area (Å²) >= 11 is 0. The van der Waals surface area contributed by atoms with Crippen LogP contribution in [0, 0.1) is 12.8 Å². The second-order valence-corrected chi connectivity index (χ2v) is 15.8. The average molecular weight is 760 g/mol. The molecule has 1 aliphatic carbocycles. The minimum Gasteiger partial charge on any atom is -0.371 e. The third kappa shape index (κ3) is 6.75. The van der Waals surface area contributed by atoms with Gasteiger partial charge in [-0.05, 0) is 82.1 Å². The van der Waals surface area contributed by atoms with E-state index in [-0.39, 0.29) is 42.8 Å². The summed E-state index contributed by atoms with van der Waals surface area (Å²) < 4.78 is 2.10. The SMILES string of the molecule is Cc1cccc(C(=O)NC2CC(n3cnc4c(NC5CCN(CC6CCN(c7cccc8c7C(=O)N(C7CCC(=O)NC7=O)C8=O)CC6)CC5)ncnc43)C2)n1. The topological polar surface area (TPSA) is 188 Å². The van der Waals surface area contributed by atoms with Crippen molar-refractivity contribution in [1.82, 2.24) is 44.9 Å². The number of amides is 5. The van der Waals surface area contributed by atoms with E-state index >= 15 is 0 Å². The van der Waals surface area contributed by atoms with Crippen LogP contribution in [0.5, 0.6) is 0 Å². The molecule has 4 aliphatic heterocycles. The van der Waals surface area contributed by atoms with Crippen LogP contribution in [-0.4, -0.2) is 115 Å². The number of imide groups is 2. The number of hydrogen-bond donors (Lipinski definition) is 3. The summed E-state index contributed by atoms with van der Waals surface area (Å²) in [7, 11) is 0. The van der Waals surface area contributed by atoms with Crippen LogP contribution in [0.15, 0.2) is 49.1 Å². The van der Waals surface area contributed by atoms with Crippen LogP contribution < -0.4 is 20.9 Å². The highest BCUT2D eigenvalue weighted by Crippen LogP contribution is 2.37. The van der Waals surface area contributed by atoms with Gasteiger partial charge in [-0.3, -0.25) is 34.2 Å². The van der Waals surface area contributed by atoms with Crippen molar-refractivity contribution in [3.63, 3.8) is 0 Å². The Morgan fingerprint density at radius 3 is 2.43 bits per heavy atom. The second-order valence-electron chi connectivity index (χ2n) is 15.8. The Labute approximate surface area is 323 Å². The van der Waals surface area contributed by atoms with Crippen LogP contribution in [0.3, 0.4) is 0 Å². The number of anilines is 2. The molecule has 16 heteroatoms. The van der Waals surface area contributed by atoms with Crippen LogP contribution >= 0.6 is 0 Å². The van der Waals surface area contributed by atoms with Crippen molar-refractivity contribution in [2.24, 2.45) is 5.92 Å². The standard InChI is InChI=1S/C40H45N11O5/c1-23-4-2-6-29(44-23)37(53)46-26-18-27(19-26)50-22-43-34-35(41-21-42-36(34)50)45-25-12-14-48(15-13-25)20-24-10-16-49(17-11-24)30-7-3-5-28-33(30)40(56)51(39(28)55)31-8-9-32(52)47-38(31)54/h2-7,21-22,24-27,31H,8-20H2,1H3,(H,46,53)(H,41,42,45)(H,47,52,54). The zero-order chi connectivity index (χ0) is 38.5. The lowest BCUT2D eigenvalue weighted by atomic mass is 9.86. The van der Waals surface area contributed by atoms with Crippen molar-refractivity contribution in [2.75, 3.05) is 42.9 Å². The number of nitrogens with one attached hydrogen (secondary N) is 3. The number of fused-ring (bicyclic) bond motifs is 2. The van der Waals surface area contributed by atoms with Crippen molar-refractivity contribution in [3.8, 4) is 0 Å². The molecular weight excluding hydrogens is 715 g/mol. The molecule has 1 atom stereocenters. The van der Waals surface area contributed by atoms with E-state index < -0.39 is 23.8 Å². The number of nitrogens with zero attached hydrogens (tertiary/aromatic N) is 8. The highest BCUT2D eigenvalue weighted by Gasteiger charge is 2.46. The lowest BCUT2D eigenvalue weighted by molar-refractivity contribution is -0.136.